The average molecular weight is 250 g/mol. The van der Waals surface area contributed by atoms with E-state index in [0.29, 0.717) is 24.3 Å². The van der Waals surface area contributed by atoms with Gasteiger partial charge in [0.2, 0.25) is 0 Å². The summed E-state index contributed by atoms with van der Waals surface area (Å²) in [5.41, 5.74) is 0.122. The van der Waals surface area contributed by atoms with E-state index in [-0.39, 0.29) is 11.3 Å². The molecule has 1 N–H and O–H groups in total. The first-order valence-corrected chi connectivity index (χ1v) is 5.72. The van der Waals surface area contributed by atoms with Crippen LogP contribution in [0.25, 0.3) is 0 Å². The van der Waals surface area contributed by atoms with Gasteiger partial charge < -0.3 is 14.6 Å². The van der Waals surface area contributed by atoms with Crippen LogP contribution >= 0.6 is 0 Å². The number of aromatic carboxylic acids is 1. The Labute approximate surface area is 104 Å². The van der Waals surface area contributed by atoms with Crippen LogP contribution in [0, 0.1) is 0 Å². The summed E-state index contributed by atoms with van der Waals surface area (Å²) in [7, 11) is 1.43. The maximum atomic E-state index is 11.5. The van der Waals surface area contributed by atoms with Crippen LogP contribution in [0.1, 0.15) is 29.6 Å². The van der Waals surface area contributed by atoms with Gasteiger partial charge in [-0.25, -0.2) is 4.79 Å². The summed E-state index contributed by atoms with van der Waals surface area (Å²) in [5, 5.41) is 8.87. The average Bonchev–Trinajstić information content (AvgIpc) is 2.75. The van der Waals surface area contributed by atoms with Crippen LogP contribution in [-0.4, -0.2) is 30.1 Å². The zero-order valence-corrected chi connectivity index (χ0v) is 10.0. The Morgan fingerprint density at radius 3 is 2.72 bits per heavy atom. The van der Waals surface area contributed by atoms with Crippen LogP contribution < -0.4 is 9.47 Å². The molecule has 96 valence electrons. The lowest BCUT2D eigenvalue weighted by Crippen LogP contribution is -2.21. The zero-order valence-electron chi connectivity index (χ0n) is 10.0. The van der Waals surface area contributed by atoms with Crippen molar-refractivity contribution in [2.45, 2.75) is 25.4 Å². The van der Waals surface area contributed by atoms with Gasteiger partial charge in [-0.05, 0) is 31.0 Å². The first-order chi connectivity index (χ1) is 8.61. The molecule has 0 amide bonds. The SMILES string of the molecule is COc1cc(C(=O)O)ccc1OC1CCCC1=O. The maximum Gasteiger partial charge on any atom is 0.335 e. The molecule has 1 aromatic rings. The lowest BCUT2D eigenvalue weighted by atomic mass is 10.2. The molecule has 1 saturated carbocycles. The summed E-state index contributed by atoms with van der Waals surface area (Å²) in [6.07, 6.45) is 1.64. The molecule has 0 saturated heterocycles. The van der Waals surface area contributed by atoms with E-state index in [2.05, 4.69) is 0 Å². The molecule has 0 bridgehead atoms. The minimum absolute atomic E-state index is 0.0827. The van der Waals surface area contributed by atoms with Crippen LogP contribution in [0.15, 0.2) is 18.2 Å². The van der Waals surface area contributed by atoms with Gasteiger partial charge in [0.25, 0.3) is 0 Å². The lowest BCUT2D eigenvalue weighted by molar-refractivity contribution is -0.123. The van der Waals surface area contributed by atoms with Crippen molar-refractivity contribution in [3.63, 3.8) is 0 Å². The molecule has 18 heavy (non-hydrogen) atoms. The highest BCUT2D eigenvalue weighted by atomic mass is 16.5. The number of benzene rings is 1. The Bertz CT molecular complexity index is 480. The topological polar surface area (TPSA) is 72.8 Å². The van der Waals surface area contributed by atoms with E-state index >= 15 is 0 Å². The summed E-state index contributed by atoms with van der Waals surface area (Å²) in [6.45, 7) is 0. The fourth-order valence-corrected chi connectivity index (χ4v) is 1.96. The largest absolute Gasteiger partial charge is 0.493 e. The summed E-state index contributed by atoms with van der Waals surface area (Å²) in [5.74, 6) is -0.214. The van der Waals surface area contributed by atoms with E-state index in [1.807, 2.05) is 0 Å². The smallest absolute Gasteiger partial charge is 0.335 e. The van der Waals surface area contributed by atoms with Crippen LogP contribution in [-0.2, 0) is 4.79 Å². The molecule has 2 rings (SSSR count). The molecule has 5 nitrogen and oxygen atoms in total. The van der Waals surface area contributed by atoms with Gasteiger partial charge >= 0.3 is 5.97 Å². The zero-order chi connectivity index (χ0) is 13.1. The van der Waals surface area contributed by atoms with Gasteiger partial charge in [-0.3, -0.25) is 4.79 Å². The van der Waals surface area contributed by atoms with E-state index in [4.69, 9.17) is 14.6 Å². The molecule has 1 aliphatic carbocycles. The minimum atomic E-state index is -1.03. The Kier molecular flexibility index (Phi) is 3.50. The van der Waals surface area contributed by atoms with Crippen LogP contribution in [0.5, 0.6) is 11.5 Å². The molecule has 0 spiro atoms. The van der Waals surface area contributed by atoms with Crippen molar-refractivity contribution in [1.82, 2.24) is 0 Å². The molecule has 1 unspecified atom stereocenters. The summed E-state index contributed by atoms with van der Waals surface area (Å²) in [4.78, 5) is 22.3. The van der Waals surface area contributed by atoms with Gasteiger partial charge in [0.05, 0.1) is 12.7 Å². The second-order valence-corrected chi connectivity index (χ2v) is 4.14. The Balaban J connectivity index is 2.22. The predicted molar refractivity (Wildman–Crippen MR) is 63.2 cm³/mol. The maximum absolute atomic E-state index is 11.5. The van der Waals surface area contributed by atoms with Gasteiger partial charge in [-0.2, -0.15) is 0 Å². The van der Waals surface area contributed by atoms with E-state index in [1.165, 1.54) is 25.3 Å². The number of carboxylic acid groups (broad SMARTS) is 1. The summed E-state index contributed by atoms with van der Waals surface area (Å²) < 4.78 is 10.7. The molecule has 1 aromatic carbocycles. The Morgan fingerprint density at radius 1 is 1.39 bits per heavy atom. The number of hydrogen-bond donors (Lipinski definition) is 1. The molecule has 1 fully saturated rings. The lowest BCUT2D eigenvalue weighted by Gasteiger charge is -2.15. The monoisotopic (exact) mass is 250 g/mol. The second-order valence-electron chi connectivity index (χ2n) is 4.14. The minimum Gasteiger partial charge on any atom is -0.493 e. The van der Waals surface area contributed by atoms with Gasteiger partial charge in [0.1, 0.15) is 0 Å². The number of rotatable bonds is 4. The molecule has 1 atom stereocenters. The van der Waals surface area contributed by atoms with Crippen molar-refractivity contribution in [1.29, 1.82) is 0 Å². The number of ether oxygens (including phenoxy) is 2. The molecular formula is C13H14O5. The van der Waals surface area contributed by atoms with Crippen molar-refractivity contribution >= 4 is 11.8 Å². The van der Waals surface area contributed by atoms with Crippen molar-refractivity contribution < 1.29 is 24.2 Å². The summed E-state index contributed by atoms with van der Waals surface area (Å²) in [6, 6.07) is 4.34. The molecule has 5 heteroatoms. The van der Waals surface area contributed by atoms with E-state index in [0.717, 1.165) is 6.42 Å². The third kappa shape index (κ3) is 2.45. The molecule has 0 heterocycles. The Morgan fingerprint density at radius 2 is 2.17 bits per heavy atom. The van der Waals surface area contributed by atoms with Crippen LogP contribution in [0.2, 0.25) is 0 Å². The Hall–Kier alpha value is -2.04. The second kappa shape index (κ2) is 5.08. The highest BCUT2D eigenvalue weighted by Gasteiger charge is 2.27. The first-order valence-electron chi connectivity index (χ1n) is 5.72. The standard InChI is InChI=1S/C13H14O5/c1-17-12-7-8(13(15)16)5-6-11(12)18-10-4-2-3-9(10)14/h5-7,10H,2-4H2,1H3,(H,15,16). The third-order valence-corrected chi connectivity index (χ3v) is 2.93. The normalized spacial score (nSPS) is 18.7. The van der Waals surface area contributed by atoms with Gasteiger partial charge in [-0.1, -0.05) is 0 Å². The van der Waals surface area contributed by atoms with Crippen molar-refractivity contribution in [3.8, 4) is 11.5 Å². The number of Topliss-reactive ketones (excluding diaryl/α,β-unsaturated/α-hetero) is 1. The van der Waals surface area contributed by atoms with Crippen LogP contribution in [0.3, 0.4) is 0 Å². The number of carboxylic acids is 1. The van der Waals surface area contributed by atoms with Crippen molar-refractivity contribution in [2.24, 2.45) is 0 Å². The predicted octanol–water partition coefficient (Wildman–Crippen LogP) is 1.89. The van der Waals surface area contributed by atoms with E-state index in [9.17, 15) is 9.59 Å². The number of carbonyl (C=O) groups excluding carboxylic acids is 1. The fraction of sp³-hybridized carbons (Fsp3) is 0.385. The van der Waals surface area contributed by atoms with E-state index in [1.54, 1.807) is 0 Å². The number of ketones is 1. The number of methoxy groups -OCH3 is 1. The van der Waals surface area contributed by atoms with Crippen molar-refractivity contribution in [3.05, 3.63) is 23.8 Å². The molecule has 0 radical (unpaired) electrons. The molecule has 0 aromatic heterocycles. The molecule has 1 aliphatic rings. The number of carbonyl (C=O) groups is 2. The third-order valence-electron chi connectivity index (χ3n) is 2.93. The highest BCUT2D eigenvalue weighted by Crippen LogP contribution is 2.31. The van der Waals surface area contributed by atoms with Gasteiger partial charge in [0, 0.05) is 6.42 Å². The first kappa shape index (κ1) is 12.4. The van der Waals surface area contributed by atoms with Crippen LogP contribution in [0.4, 0.5) is 0 Å². The number of hydrogen-bond acceptors (Lipinski definition) is 4. The molecular weight excluding hydrogens is 236 g/mol. The van der Waals surface area contributed by atoms with Gasteiger partial charge in [0.15, 0.2) is 23.4 Å². The highest BCUT2D eigenvalue weighted by molar-refractivity contribution is 5.88. The fourth-order valence-electron chi connectivity index (χ4n) is 1.96. The molecule has 0 aliphatic heterocycles. The van der Waals surface area contributed by atoms with Gasteiger partial charge in [-0.15, -0.1) is 0 Å². The quantitative estimate of drug-likeness (QED) is 0.883. The van der Waals surface area contributed by atoms with E-state index < -0.39 is 12.1 Å². The van der Waals surface area contributed by atoms with Crippen molar-refractivity contribution in [2.75, 3.05) is 7.11 Å². The summed E-state index contributed by atoms with van der Waals surface area (Å²) >= 11 is 0.